The molecule has 1 aliphatic rings. The van der Waals surface area contributed by atoms with E-state index >= 15 is 0 Å². The molecule has 2 aromatic rings. The van der Waals surface area contributed by atoms with Gasteiger partial charge in [0, 0.05) is 18.4 Å². The summed E-state index contributed by atoms with van der Waals surface area (Å²) in [4.78, 5) is 27.3. The molecular formula is C16H16FN3O3S. The van der Waals surface area contributed by atoms with Crippen LogP contribution in [0.4, 0.5) is 4.39 Å². The van der Waals surface area contributed by atoms with Gasteiger partial charge in [-0.05, 0) is 31.0 Å². The highest BCUT2D eigenvalue weighted by atomic mass is 32.2. The fourth-order valence-electron chi connectivity index (χ4n) is 2.03. The zero-order chi connectivity index (χ0) is 16.9. The molecule has 1 aromatic heterocycles. The summed E-state index contributed by atoms with van der Waals surface area (Å²) in [6.45, 7) is -0.270. The number of esters is 1. The molecule has 0 unspecified atom stereocenters. The summed E-state index contributed by atoms with van der Waals surface area (Å²) < 4.78 is 19.9. The number of hydrogen-bond donors (Lipinski definition) is 1. The van der Waals surface area contributed by atoms with Crippen LogP contribution < -0.4 is 5.32 Å². The minimum absolute atomic E-state index is 0.0169. The lowest BCUT2D eigenvalue weighted by Gasteiger charge is -2.08. The molecule has 0 atom stereocenters. The maximum atomic E-state index is 13.3. The van der Waals surface area contributed by atoms with Crippen molar-refractivity contribution >= 4 is 23.6 Å². The summed E-state index contributed by atoms with van der Waals surface area (Å²) >= 11 is 1.16. The first-order valence-corrected chi connectivity index (χ1v) is 8.47. The number of carbonyl (C=O) groups excluding carboxylic acids is 2. The molecule has 6 nitrogen and oxygen atoms in total. The second kappa shape index (κ2) is 7.48. The van der Waals surface area contributed by atoms with E-state index in [1.165, 1.54) is 12.1 Å². The Labute approximate surface area is 142 Å². The van der Waals surface area contributed by atoms with Crippen molar-refractivity contribution in [2.24, 2.45) is 0 Å². The van der Waals surface area contributed by atoms with Gasteiger partial charge in [-0.1, -0.05) is 17.8 Å². The van der Waals surface area contributed by atoms with Crippen LogP contribution in [0.5, 0.6) is 0 Å². The molecule has 0 radical (unpaired) electrons. The summed E-state index contributed by atoms with van der Waals surface area (Å²) in [7, 11) is 0. The molecule has 1 aromatic carbocycles. The van der Waals surface area contributed by atoms with Gasteiger partial charge in [0.25, 0.3) is 5.91 Å². The van der Waals surface area contributed by atoms with E-state index in [-0.39, 0.29) is 30.1 Å². The second-order valence-corrected chi connectivity index (χ2v) is 6.29. The number of halogens is 1. The predicted molar refractivity (Wildman–Crippen MR) is 86.4 cm³/mol. The number of ether oxygens (including phenoxy) is 1. The zero-order valence-electron chi connectivity index (χ0n) is 12.8. The van der Waals surface area contributed by atoms with Gasteiger partial charge in [-0.3, -0.25) is 14.2 Å². The zero-order valence-corrected chi connectivity index (χ0v) is 13.6. The Hall–Kier alpha value is -2.35. The van der Waals surface area contributed by atoms with Crippen LogP contribution in [0.15, 0.2) is 41.8 Å². The van der Waals surface area contributed by atoms with E-state index in [0.717, 1.165) is 24.6 Å². The topological polar surface area (TPSA) is 73.2 Å². The lowest BCUT2D eigenvalue weighted by molar-refractivity contribution is -0.145. The Balaban J connectivity index is 1.50. The number of thioether (sulfide) groups is 1. The van der Waals surface area contributed by atoms with Gasteiger partial charge in [0.2, 0.25) is 0 Å². The van der Waals surface area contributed by atoms with Crippen molar-refractivity contribution in [3.63, 3.8) is 0 Å². The number of rotatable bonds is 7. The molecule has 126 valence electrons. The number of amides is 1. The number of benzene rings is 1. The smallest absolute Gasteiger partial charge is 0.316 e. The molecule has 0 aliphatic heterocycles. The summed E-state index contributed by atoms with van der Waals surface area (Å²) in [5.74, 6) is -1.11. The van der Waals surface area contributed by atoms with Crippen LogP contribution in [0.3, 0.4) is 0 Å². The van der Waals surface area contributed by atoms with Gasteiger partial charge in [0.15, 0.2) is 11.8 Å². The number of aromatic nitrogens is 2. The monoisotopic (exact) mass is 349 g/mol. The van der Waals surface area contributed by atoms with Crippen LogP contribution in [-0.2, 0) is 14.3 Å². The average Bonchev–Trinajstić information content (AvgIpc) is 3.24. The normalized spacial score (nSPS) is 13.5. The Morgan fingerprint density at radius 3 is 3.00 bits per heavy atom. The number of carbonyl (C=O) groups is 2. The van der Waals surface area contributed by atoms with Crippen molar-refractivity contribution in [3.05, 3.63) is 42.5 Å². The summed E-state index contributed by atoms with van der Waals surface area (Å²) in [5.41, 5.74) is 0.618. The van der Waals surface area contributed by atoms with Crippen LogP contribution in [0, 0.1) is 5.82 Å². The summed E-state index contributed by atoms with van der Waals surface area (Å²) in [5, 5.41) is 3.28. The molecule has 1 aliphatic carbocycles. The van der Waals surface area contributed by atoms with Crippen LogP contribution in [0.2, 0.25) is 0 Å². The molecule has 1 fully saturated rings. The molecule has 8 heteroatoms. The van der Waals surface area contributed by atoms with Gasteiger partial charge in [-0.15, -0.1) is 0 Å². The van der Waals surface area contributed by atoms with E-state index in [4.69, 9.17) is 4.74 Å². The number of hydrogen-bond acceptors (Lipinski definition) is 5. The average molecular weight is 349 g/mol. The predicted octanol–water partition coefficient (Wildman–Crippen LogP) is 1.93. The second-order valence-electron chi connectivity index (χ2n) is 5.35. The molecular weight excluding hydrogens is 333 g/mol. The van der Waals surface area contributed by atoms with Crippen molar-refractivity contribution in [2.45, 2.75) is 24.0 Å². The standard InChI is InChI=1S/C16H16FN3O3S/c17-11-2-1-3-13(8-11)20-7-6-18-16(20)24-10-15(22)23-9-14(21)19-12-4-5-12/h1-3,6-8,12H,4-5,9-10H2,(H,19,21). The summed E-state index contributed by atoms with van der Waals surface area (Å²) in [6.07, 6.45) is 5.23. The van der Waals surface area contributed by atoms with Gasteiger partial charge < -0.3 is 10.1 Å². The minimum atomic E-state index is -0.500. The van der Waals surface area contributed by atoms with Crippen molar-refractivity contribution in [3.8, 4) is 5.69 Å². The highest BCUT2D eigenvalue weighted by molar-refractivity contribution is 7.99. The van der Waals surface area contributed by atoms with Crippen LogP contribution >= 0.6 is 11.8 Å². The summed E-state index contributed by atoms with van der Waals surface area (Å²) in [6, 6.07) is 6.33. The van der Waals surface area contributed by atoms with Crippen LogP contribution in [-0.4, -0.2) is 39.8 Å². The van der Waals surface area contributed by atoms with E-state index in [9.17, 15) is 14.0 Å². The lowest BCUT2D eigenvalue weighted by Crippen LogP contribution is -2.30. The minimum Gasteiger partial charge on any atom is -0.455 e. The number of imidazole rings is 1. The molecule has 1 amide bonds. The third-order valence-corrected chi connectivity index (χ3v) is 4.26. The molecule has 0 spiro atoms. The lowest BCUT2D eigenvalue weighted by atomic mass is 10.3. The van der Waals surface area contributed by atoms with Crippen LogP contribution in [0.25, 0.3) is 5.69 Å². The van der Waals surface area contributed by atoms with Gasteiger partial charge >= 0.3 is 5.97 Å². The van der Waals surface area contributed by atoms with Gasteiger partial charge in [-0.25, -0.2) is 9.37 Å². The van der Waals surface area contributed by atoms with E-state index in [1.807, 2.05) is 0 Å². The van der Waals surface area contributed by atoms with E-state index in [0.29, 0.717) is 10.8 Å². The molecule has 1 N–H and O–H groups in total. The Morgan fingerprint density at radius 2 is 2.25 bits per heavy atom. The van der Waals surface area contributed by atoms with E-state index in [2.05, 4.69) is 10.3 Å². The highest BCUT2D eigenvalue weighted by Gasteiger charge is 2.23. The third-order valence-electron chi connectivity index (χ3n) is 3.32. The largest absolute Gasteiger partial charge is 0.455 e. The third kappa shape index (κ3) is 4.58. The maximum Gasteiger partial charge on any atom is 0.316 e. The molecule has 1 heterocycles. The molecule has 1 saturated carbocycles. The van der Waals surface area contributed by atoms with Crippen molar-refractivity contribution in [1.82, 2.24) is 14.9 Å². The Kier molecular flexibility index (Phi) is 5.14. The first kappa shape index (κ1) is 16.5. The first-order valence-electron chi connectivity index (χ1n) is 7.49. The number of nitrogens with zero attached hydrogens (tertiary/aromatic N) is 2. The molecule has 3 rings (SSSR count). The number of nitrogens with one attached hydrogen (secondary N) is 1. The first-order chi connectivity index (χ1) is 11.6. The highest BCUT2D eigenvalue weighted by Crippen LogP contribution is 2.21. The van der Waals surface area contributed by atoms with E-state index < -0.39 is 5.97 Å². The fraction of sp³-hybridized carbons (Fsp3) is 0.312. The quantitative estimate of drug-likeness (QED) is 0.611. The molecule has 0 saturated heterocycles. The van der Waals surface area contributed by atoms with Crippen molar-refractivity contribution in [1.29, 1.82) is 0 Å². The molecule has 24 heavy (non-hydrogen) atoms. The maximum absolute atomic E-state index is 13.3. The van der Waals surface area contributed by atoms with Crippen molar-refractivity contribution in [2.75, 3.05) is 12.4 Å². The van der Waals surface area contributed by atoms with Gasteiger partial charge in [0.1, 0.15) is 5.82 Å². The van der Waals surface area contributed by atoms with Gasteiger partial charge in [0.05, 0.1) is 11.4 Å². The molecule has 0 bridgehead atoms. The van der Waals surface area contributed by atoms with Crippen molar-refractivity contribution < 1.29 is 18.7 Å². The Morgan fingerprint density at radius 1 is 1.42 bits per heavy atom. The van der Waals surface area contributed by atoms with Gasteiger partial charge in [-0.2, -0.15) is 0 Å². The van der Waals surface area contributed by atoms with E-state index in [1.54, 1.807) is 29.1 Å². The SMILES string of the molecule is O=C(COC(=O)CSc1nccn1-c1cccc(F)c1)NC1CC1. The fourth-order valence-corrected chi connectivity index (χ4v) is 2.80. The van der Waals surface area contributed by atoms with Crippen LogP contribution in [0.1, 0.15) is 12.8 Å². The Bertz CT molecular complexity index is 746.